The van der Waals surface area contributed by atoms with E-state index in [2.05, 4.69) is 29.6 Å². The normalized spacial score (nSPS) is 21.4. The molecule has 5 heterocycles. The smallest absolute Gasteiger partial charge is 0.225 e. The Hall–Kier alpha value is -3.53. The highest BCUT2D eigenvalue weighted by Crippen LogP contribution is 2.35. The molecule has 0 aromatic carbocycles. The highest BCUT2D eigenvalue weighted by Gasteiger charge is 2.25. The molecular formula is C23H26N8O2. The molecule has 1 saturated heterocycles. The Morgan fingerprint density at radius 1 is 1.09 bits per heavy atom. The van der Waals surface area contributed by atoms with E-state index in [9.17, 15) is 0 Å². The lowest BCUT2D eigenvalue weighted by Crippen LogP contribution is -2.36. The standard InChI is InChI=1S/C23H26N8O2/c1-3-18(4-2-17(1)31-6-5-24-15-31)33-23-19-11-16(22-26-14-27-29-22)13-25-20(19)12-21(28-23)30-7-9-32-10-8-30/h5-6,11-15,17-18H,1-4,7-10H2,(H,26,27,29)/t17-,18+. The average molecular weight is 447 g/mol. The maximum atomic E-state index is 6.56. The van der Waals surface area contributed by atoms with E-state index in [-0.39, 0.29) is 6.10 Å². The molecule has 0 radical (unpaired) electrons. The number of H-pyrrole nitrogens is 1. The number of pyridine rings is 2. The van der Waals surface area contributed by atoms with Crippen LogP contribution in [0.3, 0.4) is 0 Å². The van der Waals surface area contributed by atoms with Gasteiger partial charge in [0.05, 0.1) is 30.4 Å². The van der Waals surface area contributed by atoms with Gasteiger partial charge in [0.1, 0.15) is 18.2 Å². The molecule has 0 amide bonds. The second-order valence-corrected chi connectivity index (χ2v) is 8.57. The van der Waals surface area contributed by atoms with E-state index in [0.717, 1.165) is 61.1 Å². The van der Waals surface area contributed by atoms with Crippen molar-refractivity contribution < 1.29 is 9.47 Å². The van der Waals surface area contributed by atoms with Crippen molar-refractivity contribution in [3.8, 4) is 17.3 Å². The molecule has 4 aromatic rings. The number of morpholine rings is 1. The van der Waals surface area contributed by atoms with Crippen LogP contribution in [0.1, 0.15) is 31.7 Å². The number of fused-ring (bicyclic) bond motifs is 1. The number of anilines is 1. The number of hydrogen-bond acceptors (Lipinski definition) is 8. The predicted octanol–water partition coefficient (Wildman–Crippen LogP) is 3.01. The van der Waals surface area contributed by atoms with E-state index in [1.54, 1.807) is 6.33 Å². The third kappa shape index (κ3) is 4.13. The fourth-order valence-electron chi connectivity index (χ4n) is 4.71. The summed E-state index contributed by atoms with van der Waals surface area (Å²) in [5.74, 6) is 2.19. The molecule has 10 nitrogen and oxygen atoms in total. The van der Waals surface area contributed by atoms with Crippen molar-refractivity contribution in [3.05, 3.63) is 43.4 Å². The van der Waals surface area contributed by atoms with E-state index in [4.69, 9.17) is 19.4 Å². The van der Waals surface area contributed by atoms with Gasteiger partial charge in [-0.2, -0.15) is 4.98 Å². The van der Waals surface area contributed by atoms with Crippen molar-refractivity contribution in [1.29, 1.82) is 0 Å². The molecule has 0 spiro atoms. The number of nitrogens with one attached hydrogen (secondary N) is 1. The van der Waals surface area contributed by atoms with Crippen LogP contribution in [-0.4, -0.2) is 67.1 Å². The van der Waals surface area contributed by atoms with Gasteiger partial charge in [-0.15, -0.1) is 10.2 Å². The topological polar surface area (TPSA) is 107 Å². The van der Waals surface area contributed by atoms with Crippen LogP contribution in [0.2, 0.25) is 0 Å². The first kappa shape index (κ1) is 20.1. The number of nitrogens with zero attached hydrogens (tertiary/aromatic N) is 7. The van der Waals surface area contributed by atoms with Gasteiger partial charge in [0.25, 0.3) is 0 Å². The van der Waals surface area contributed by atoms with Gasteiger partial charge in [-0.25, -0.2) is 4.98 Å². The van der Waals surface area contributed by atoms with Gasteiger partial charge in [0, 0.05) is 49.4 Å². The minimum absolute atomic E-state index is 0.120. The van der Waals surface area contributed by atoms with Crippen LogP contribution in [0, 0.1) is 0 Å². The second-order valence-electron chi connectivity index (χ2n) is 8.57. The summed E-state index contributed by atoms with van der Waals surface area (Å²) >= 11 is 0. The molecule has 170 valence electrons. The van der Waals surface area contributed by atoms with E-state index < -0.39 is 0 Å². The number of ether oxygens (including phenoxy) is 2. The Bertz CT molecular complexity index is 1200. The third-order valence-electron chi connectivity index (χ3n) is 6.52. The molecule has 10 heteroatoms. The Morgan fingerprint density at radius 2 is 1.97 bits per heavy atom. The Balaban J connectivity index is 1.31. The van der Waals surface area contributed by atoms with Crippen LogP contribution in [0.15, 0.2) is 43.4 Å². The molecule has 6 rings (SSSR count). The molecule has 2 aliphatic rings. The molecule has 2 fully saturated rings. The number of hydrogen-bond donors (Lipinski definition) is 1. The summed E-state index contributed by atoms with van der Waals surface area (Å²) in [4.78, 5) is 19.1. The molecule has 1 aliphatic carbocycles. The van der Waals surface area contributed by atoms with Gasteiger partial charge in [-0.05, 0) is 31.7 Å². The summed E-state index contributed by atoms with van der Waals surface area (Å²) in [6, 6.07) is 4.55. The summed E-state index contributed by atoms with van der Waals surface area (Å²) in [6.07, 6.45) is 13.4. The van der Waals surface area contributed by atoms with Crippen LogP contribution < -0.4 is 9.64 Å². The van der Waals surface area contributed by atoms with Crippen molar-refractivity contribution in [1.82, 2.24) is 34.7 Å². The molecule has 0 atom stereocenters. The summed E-state index contributed by atoms with van der Waals surface area (Å²) in [7, 11) is 0. The quantitative estimate of drug-likeness (QED) is 0.499. The molecule has 1 aliphatic heterocycles. The first-order chi connectivity index (χ1) is 16.3. The van der Waals surface area contributed by atoms with Gasteiger partial charge >= 0.3 is 0 Å². The predicted molar refractivity (Wildman–Crippen MR) is 122 cm³/mol. The van der Waals surface area contributed by atoms with Gasteiger partial charge < -0.3 is 23.9 Å². The maximum absolute atomic E-state index is 6.56. The van der Waals surface area contributed by atoms with E-state index >= 15 is 0 Å². The zero-order chi connectivity index (χ0) is 22.0. The van der Waals surface area contributed by atoms with Crippen molar-refractivity contribution in [2.75, 3.05) is 31.2 Å². The number of aromatic nitrogens is 7. The Morgan fingerprint density at radius 3 is 2.73 bits per heavy atom. The number of rotatable bonds is 5. The fraction of sp³-hybridized carbons (Fsp3) is 0.435. The highest BCUT2D eigenvalue weighted by atomic mass is 16.5. The van der Waals surface area contributed by atoms with Crippen LogP contribution >= 0.6 is 0 Å². The lowest BCUT2D eigenvalue weighted by Gasteiger charge is -2.31. The van der Waals surface area contributed by atoms with Crippen molar-refractivity contribution >= 4 is 16.7 Å². The third-order valence-corrected chi connectivity index (χ3v) is 6.52. The number of aromatic amines is 1. The van der Waals surface area contributed by atoms with Crippen molar-refractivity contribution in [2.45, 2.75) is 37.8 Å². The van der Waals surface area contributed by atoms with E-state index in [0.29, 0.717) is 31.0 Å². The maximum Gasteiger partial charge on any atom is 0.225 e. The first-order valence-electron chi connectivity index (χ1n) is 11.5. The van der Waals surface area contributed by atoms with Gasteiger partial charge in [-0.1, -0.05) is 0 Å². The molecule has 4 aromatic heterocycles. The van der Waals surface area contributed by atoms with Crippen LogP contribution in [0.5, 0.6) is 5.88 Å². The minimum Gasteiger partial charge on any atom is -0.474 e. The zero-order valence-corrected chi connectivity index (χ0v) is 18.3. The second kappa shape index (κ2) is 8.78. The van der Waals surface area contributed by atoms with Gasteiger partial charge in [0.2, 0.25) is 5.88 Å². The zero-order valence-electron chi connectivity index (χ0n) is 18.3. The number of imidazole rings is 1. The first-order valence-corrected chi connectivity index (χ1v) is 11.5. The van der Waals surface area contributed by atoms with Gasteiger partial charge in [-0.3, -0.25) is 4.98 Å². The molecule has 0 bridgehead atoms. The van der Waals surface area contributed by atoms with E-state index in [1.165, 1.54) is 0 Å². The molecule has 1 saturated carbocycles. The Labute approximate surface area is 191 Å². The monoisotopic (exact) mass is 446 g/mol. The summed E-state index contributed by atoms with van der Waals surface area (Å²) in [6.45, 7) is 3.02. The summed E-state index contributed by atoms with van der Waals surface area (Å²) in [5.41, 5.74) is 1.71. The van der Waals surface area contributed by atoms with Crippen LogP contribution in [0.4, 0.5) is 5.82 Å². The molecule has 1 N–H and O–H groups in total. The van der Waals surface area contributed by atoms with Gasteiger partial charge in [0.15, 0.2) is 5.82 Å². The summed E-state index contributed by atoms with van der Waals surface area (Å²) < 4.78 is 14.3. The van der Waals surface area contributed by atoms with Crippen molar-refractivity contribution in [2.24, 2.45) is 0 Å². The lowest BCUT2D eigenvalue weighted by atomic mass is 9.93. The molecular weight excluding hydrogens is 420 g/mol. The minimum atomic E-state index is 0.120. The average Bonchev–Trinajstić information content (AvgIpc) is 3.60. The lowest BCUT2D eigenvalue weighted by molar-refractivity contribution is 0.121. The highest BCUT2D eigenvalue weighted by molar-refractivity contribution is 5.88. The molecule has 0 unspecified atom stereocenters. The SMILES string of the molecule is c1cn([C@H]2CC[C@@H](Oc3nc(N4CCOCC4)cc4ncc(-c5nnc[nH]5)cc34)CC2)cn1. The Kier molecular flexibility index (Phi) is 5.35. The largest absolute Gasteiger partial charge is 0.474 e. The van der Waals surface area contributed by atoms with Crippen LogP contribution in [-0.2, 0) is 4.74 Å². The fourth-order valence-corrected chi connectivity index (χ4v) is 4.71. The van der Waals surface area contributed by atoms with E-state index in [1.807, 2.05) is 37.1 Å². The van der Waals surface area contributed by atoms with Crippen LogP contribution in [0.25, 0.3) is 22.3 Å². The molecule has 33 heavy (non-hydrogen) atoms. The summed E-state index contributed by atoms with van der Waals surface area (Å²) in [5, 5.41) is 8.91. The van der Waals surface area contributed by atoms with Crippen molar-refractivity contribution in [3.63, 3.8) is 0 Å².